The Morgan fingerprint density at radius 2 is 0.230 bits per heavy atom. The summed E-state index contributed by atoms with van der Waals surface area (Å²) >= 11 is 0. The summed E-state index contributed by atoms with van der Waals surface area (Å²) in [5.74, 6) is -81.4. The molecule has 0 radical (unpaired) electrons. The lowest BCUT2D eigenvalue weighted by Gasteiger charge is -2.35. The normalized spacial score (nSPS) is 16.0. The van der Waals surface area contributed by atoms with Crippen LogP contribution in [0.5, 0.6) is 0 Å². The van der Waals surface area contributed by atoms with Crippen LogP contribution in [0.25, 0.3) is 0 Å². The first-order valence-corrected chi connectivity index (χ1v) is 29.0. The predicted octanol–water partition coefficient (Wildman–Crippen LogP) is 21.4. The summed E-state index contributed by atoms with van der Waals surface area (Å²) in [7, 11) is -4.64. The number of halogens is 66. The minimum absolute atomic E-state index is 1.07. The first kappa shape index (κ1) is 123. The fourth-order valence-corrected chi connectivity index (χ4v) is 5.89. The van der Waals surface area contributed by atoms with E-state index >= 15 is 0 Å². The van der Waals surface area contributed by atoms with E-state index in [0.717, 1.165) is 16.0 Å². The van der Waals surface area contributed by atoms with E-state index in [4.69, 9.17) is 19.2 Å². The Bertz CT molecular complexity index is 2650. The highest BCUT2D eigenvalue weighted by Crippen LogP contribution is 2.60. The summed E-state index contributed by atoms with van der Waals surface area (Å²) in [4.78, 5) is 21.6. The fraction of sp³-hybridized carbons (Fsp3) is 1.00. The molecule has 0 aliphatic carbocycles. The van der Waals surface area contributed by atoms with Gasteiger partial charge < -0.3 is 30.6 Å². The maximum Gasteiger partial charge on any atom is 0.466 e. The number of hydrogen-bond acceptors (Lipinski definition) is 10. The van der Waals surface area contributed by atoms with Crippen molar-refractivity contribution in [1.82, 2.24) is 16.0 Å². The molecule has 0 saturated heterocycles. The molecule has 0 aromatic rings. The number of phosphoric acid groups is 1. The number of hydrogen-bond donors (Lipinski definition) is 6. The van der Waals surface area contributed by atoms with Crippen LogP contribution in [-0.2, 0) is 33.0 Å². The molecule has 122 heavy (non-hydrogen) atoms. The molecule has 13 nitrogen and oxygen atoms in total. The van der Waals surface area contributed by atoms with Crippen molar-refractivity contribution in [3.8, 4) is 0 Å². The summed E-state index contributed by atoms with van der Waals surface area (Å²) in [6.07, 6.45) is -147. The second-order valence-electron chi connectivity index (χ2n) is 21.7. The minimum atomic E-state index is -7.41. The van der Waals surface area contributed by atoms with Crippen molar-refractivity contribution in [3.05, 3.63) is 0 Å². The van der Waals surface area contributed by atoms with Crippen LogP contribution in [0.4, 0.5) is 290 Å². The third kappa shape index (κ3) is 30.1. The average Bonchev–Trinajstić information content (AvgIpc) is 0.775. The van der Waals surface area contributed by atoms with Gasteiger partial charge in [-0.2, -0.15) is 290 Å². The van der Waals surface area contributed by atoms with Crippen LogP contribution in [-0.4, -0.2) is 235 Å². The van der Waals surface area contributed by atoms with E-state index < -0.39 is 267 Å². The zero-order chi connectivity index (χ0) is 100. The van der Waals surface area contributed by atoms with Crippen molar-refractivity contribution in [1.29, 1.82) is 0 Å². The molecule has 6 N–H and O–H groups in total. The van der Waals surface area contributed by atoms with Gasteiger partial charge >= 0.3 is 189 Å². The molecule has 0 saturated carbocycles. The van der Waals surface area contributed by atoms with E-state index in [1.54, 1.807) is 28.4 Å². The van der Waals surface area contributed by atoms with Crippen molar-refractivity contribution in [2.24, 2.45) is 0 Å². The molecule has 0 atom stereocenters. The van der Waals surface area contributed by atoms with Crippen molar-refractivity contribution in [3.63, 3.8) is 0 Å². The molecule has 0 rings (SSSR count). The standard InChI is InChI=1S/3C14H9F22NO2.H3O4P/c3*15-5(16,13(33,34)38-7(19,9(21,22)23)10(24,25)26)1-3-37-4-2-6(17,18)14(35,36)39-8(20,11(27,28)29)12(30,31)32;1-5(2,3)4/h3*37H,1-4H2;(H3,1,2,3,4). The molecule has 0 bridgehead atoms. The Balaban J connectivity index is -0.000000831. The molecular weight excluding hydrogens is 1990 g/mol. The van der Waals surface area contributed by atoms with E-state index in [1.165, 1.54) is 0 Å². The van der Waals surface area contributed by atoms with Gasteiger partial charge in [-0.25, -0.2) is 4.57 Å². The van der Waals surface area contributed by atoms with Gasteiger partial charge in [0.15, 0.2) is 0 Å². The van der Waals surface area contributed by atoms with Crippen molar-refractivity contribution < 1.29 is 337 Å². The summed E-state index contributed by atoms with van der Waals surface area (Å²) in [6, 6.07) is 0. The van der Waals surface area contributed by atoms with Crippen molar-refractivity contribution in [2.75, 3.05) is 39.3 Å². The highest BCUT2D eigenvalue weighted by Gasteiger charge is 2.86. The zero-order valence-corrected chi connectivity index (χ0v) is 55.5. The van der Waals surface area contributed by atoms with Crippen molar-refractivity contribution in [2.45, 2.75) is 220 Å². The van der Waals surface area contributed by atoms with Gasteiger partial charge in [0.05, 0.1) is 0 Å². The lowest BCUT2D eigenvalue weighted by molar-refractivity contribution is -0.503. The van der Waals surface area contributed by atoms with Gasteiger partial charge in [0.25, 0.3) is 0 Å². The van der Waals surface area contributed by atoms with E-state index in [-0.39, 0.29) is 0 Å². The van der Waals surface area contributed by atoms with Crippen LogP contribution in [0.2, 0.25) is 0 Å². The van der Waals surface area contributed by atoms with Gasteiger partial charge in [0.1, 0.15) is 0 Å². The number of ether oxygens (including phenoxy) is 6. The molecular formula is C42H30F66N3O10P. The highest BCUT2D eigenvalue weighted by atomic mass is 31.2. The first-order chi connectivity index (χ1) is 51.9. The minimum Gasteiger partial charge on any atom is -0.316 e. The Kier molecular flexibility index (Phi) is 38.1. The summed E-state index contributed by atoms with van der Waals surface area (Å²) in [5.41, 5.74) is 0. The second kappa shape index (κ2) is 37.7. The topological polar surface area (TPSA) is 169 Å². The van der Waals surface area contributed by atoms with Crippen LogP contribution in [0.1, 0.15) is 38.5 Å². The van der Waals surface area contributed by atoms with Gasteiger partial charge in [0, 0.05) is 77.8 Å². The molecule has 0 unspecified atom stereocenters. The average molecular weight is 2020 g/mol. The van der Waals surface area contributed by atoms with Crippen LogP contribution in [0.3, 0.4) is 0 Å². The van der Waals surface area contributed by atoms with E-state index in [0.29, 0.717) is 0 Å². The van der Waals surface area contributed by atoms with Crippen LogP contribution in [0, 0.1) is 0 Å². The fourth-order valence-electron chi connectivity index (χ4n) is 5.89. The van der Waals surface area contributed by atoms with E-state index in [1.807, 2.05) is 0 Å². The van der Waals surface area contributed by atoms with E-state index in [2.05, 4.69) is 0 Å². The molecule has 0 aliphatic heterocycles. The predicted molar refractivity (Wildman–Crippen MR) is 242 cm³/mol. The molecule has 740 valence electrons. The smallest absolute Gasteiger partial charge is 0.316 e. The number of rotatable bonds is 36. The summed E-state index contributed by atoms with van der Waals surface area (Å²) in [5, 5.41) is 3.22. The monoisotopic (exact) mass is 2020 g/mol. The Morgan fingerprint density at radius 3 is 0.287 bits per heavy atom. The number of nitrogens with one attached hydrogen (secondary N) is 3. The van der Waals surface area contributed by atoms with Crippen molar-refractivity contribution >= 4 is 7.82 Å². The summed E-state index contributed by atoms with van der Waals surface area (Å²) in [6.45, 7) is -11.7. The maximum atomic E-state index is 13.4. The third-order valence-corrected chi connectivity index (χ3v) is 12.2. The van der Waals surface area contributed by atoms with Crippen LogP contribution in [0.15, 0.2) is 0 Å². The summed E-state index contributed by atoms with van der Waals surface area (Å²) < 4.78 is 858. The molecule has 0 heterocycles. The molecule has 0 amide bonds. The molecule has 80 heteroatoms. The van der Waals surface area contributed by atoms with Gasteiger partial charge in [-0.3, -0.25) is 28.4 Å². The van der Waals surface area contributed by atoms with Crippen LogP contribution >= 0.6 is 7.82 Å². The SMILES string of the molecule is FC(F)(F)C(F)(OC(F)(F)C(F)(F)CCNCCC(F)(F)C(F)(F)OC(F)(C(F)(F)F)C(F)(F)F)C(F)(F)F.FC(F)(F)C(F)(OC(F)(F)C(F)(F)CCNCCC(F)(F)C(F)(F)OC(F)(C(F)(F)F)C(F)(F)F)C(F)(F)F.FC(F)(F)C(F)(OC(F)(F)C(F)(F)CCNCCC(F)(F)C(F)(F)OC(F)(C(F)(F)F)C(F)(F)F)C(F)(F)F.O=P(O)(O)O. The van der Waals surface area contributed by atoms with Crippen LogP contribution < -0.4 is 16.0 Å². The largest absolute Gasteiger partial charge is 0.466 e. The molecule has 0 aromatic heterocycles. The quantitative estimate of drug-likeness (QED) is 0.0199. The molecule has 0 aromatic carbocycles. The number of alkyl halides is 66. The lowest BCUT2D eigenvalue weighted by Crippen LogP contribution is -2.61. The van der Waals surface area contributed by atoms with Gasteiger partial charge in [-0.1, -0.05) is 0 Å². The zero-order valence-electron chi connectivity index (χ0n) is 54.6. The third-order valence-electron chi connectivity index (χ3n) is 12.2. The van der Waals surface area contributed by atoms with Gasteiger partial charge in [-0.05, 0) is 0 Å². The first-order valence-electron chi connectivity index (χ1n) is 27.4. The second-order valence-corrected chi connectivity index (χ2v) is 22.8. The van der Waals surface area contributed by atoms with E-state index in [9.17, 15) is 290 Å². The molecule has 0 fully saturated rings. The Labute approximate surface area is 621 Å². The lowest BCUT2D eigenvalue weighted by atomic mass is 10.2. The maximum absolute atomic E-state index is 13.4. The molecule has 0 spiro atoms. The Hall–Kier alpha value is -4.87. The Morgan fingerprint density at radius 1 is 0.164 bits per heavy atom. The van der Waals surface area contributed by atoms with Gasteiger partial charge in [0.2, 0.25) is 0 Å². The molecule has 0 aliphatic rings. The highest BCUT2D eigenvalue weighted by molar-refractivity contribution is 7.45. The van der Waals surface area contributed by atoms with Gasteiger partial charge in [-0.15, -0.1) is 0 Å².